The third-order valence-electron chi connectivity index (χ3n) is 6.22. The van der Waals surface area contributed by atoms with Crippen LogP contribution in [0.2, 0.25) is 0 Å². The number of thioether (sulfide) groups is 1. The monoisotopic (exact) mass is 488 g/mol. The number of hydrogen-bond acceptors (Lipinski definition) is 4. The number of nitrogens with one attached hydrogen (secondary N) is 1. The van der Waals surface area contributed by atoms with E-state index >= 15 is 0 Å². The zero-order chi connectivity index (χ0) is 25.3. The molecule has 5 nitrogen and oxygen atoms in total. The van der Waals surface area contributed by atoms with Crippen molar-refractivity contribution in [3.8, 4) is 0 Å². The maximum Gasteiger partial charge on any atom is 0.310 e. The molecule has 2 N–H and O–H groups in total. The average molecular weight is 489 g/mol. The number of aryl methyl sites for hydroxylation is 1. The van der Waals surface area contributed by atoms with Crippen LogP contribution in [0.1, 0.15) is 55.6 Å². The molecule has 0 aliphatic heterocycles. The Morgan fingerprint density at radius 1 is 1.00 bits per heavy atom. The number of hydrogen-bond donors (Lipinski definition) is 2. The summed E-state index contributed by atoms with van der Waals surface area (Å²) in [5.74, 6) is -0.430. The van der Waals surface area contributed by atoms with Crippen LogP contribution in [0.5, 0.6) is 0 Å². The molecule has 0 unspecified atom stereocenters. The number of carboxylic acids is 1. The van der Waals surface area contributed by atoms with Crippen LogP contribution < -0.4 is 5.32 Å². The van der Waals surface area contributed by atoms with Gasteiger partial charge >= 0.3 is 5.97 Å². The lowest BCUT2D eigenvalue weighted by Crippen LogP contribution is -2.34. The Morgan fingerprint density at radius 2 is 1.74 bits per heavy atom. The summed E-state index contributed by atoms with van der Waals surface area (Å²) < 4.78 is 0. The summed E-state index contributed by atoms with van der Waals surface area (Å²) in [6, 6.07) is 21.8. The fourth-order valence-corrected chi connectivity index (χ4v) is 4.77. The van der Waals surface area contributed by atoms with Gasteiger partial charge in [-0.3, -0.25) is 14.6 Å². The lowest BCUT2D eigenvalue weighted by atomic mass is 9.79. The van der Waals surface area contributed by atoms with Crippen LogP contribution in [-0.4, -0.2) is 22.0 Å². The van der Waals surface area contributed by atoms with Gasteiger partial charge in [-0.25, -0.2) is 0 Å². The van der Waals surface area contributed by atoms with Crippen molar-refractivity contribution in [3.05, 3.63) is 89.2 Å². The predicted molar refractivity (Wildman–Crippen MR) is 144 cm³/mol. The van der Waals surface area contributed by atoms with Crippen molar-refractivity contribution in [2.75, 3.05) is 5.32 Å². The van der Waals surface area contributed by atoms with Gasteiger partial charge in [0.25, 0.3) is 0 Å². The van der Waals surface area contributed by atoms with Crippen LogP contribution in [0.15, 0.2) is 71.6 Å². The molecule has 1 aromatic heterocycles. The minimum Gasteiger partial charge on any atom is -0.481 e. The van der Waals surface area contributed by atoms with Gasteiger partial charge in [-0.1, -0.05) is 56.3 Å². The number of carbonyl (C=O) groups excluding carboxylic acids is 1. The molecule has 0 aliphatic rings. The molecule has 6 heteroatoms. The standard InChI is InChI=1S/C29H32N2O3S/c1-4-29(5-2,28(33)34)19-27(32)31-24-13-8-11-22(18-24)16-17-23-12-9-14-25(30-23)20-35-26-15-7-6-10-21(26)3/h6-18H,4-5,19-20H2,1-3H3,(H,31,32)(H,33,34)/b17-16+. The maximum atomic E-state index is 12.6. The zero-order valence-electron chi connectivity index (χ0n) is 20.5. The van der Waals surface area contributed by atoms with Crippen molar-refractivity contribution in [1.82, 2.24) is 4.98 Å². The molecule has 1 heterocycles. The molecule has 182 valence electrons. The quantitative estimate of drug-likeness (QED) is 0.282. The third-order valence-corrected chi connectivity index (χ3v) is 7.43. The first-order valence-electron chi connectivity index (χ1n) is 11.8. The van der Waals surface area contributed by atoms with E-state index in [-0.39, 0.29) is 12.3 Å². The lowest BCUT2D eigenvalue weighted by molar-refractivity contribution is -0.151. The van der Waals surface area contributed by atoms with E-state index in [1.807, 2.05) is 54.6 Å². The molecule has 1 amide bonds. The summed E-state index contributed by atoms with van der Waals surface area (Å²) in [6.45, 7) is 5.73. The number of pyridine rings is 1. The molecule has 0 bridgehead atoms. The first kappa shape index (κ1) is 26.2. The van der Waals surface area contributed by atoms with Gasteiger partial charge in [-0.15, -0.1) is 11.8 Å². The van der Waals surface area contributed by atoms with Crippen LogP contribution in [0.25, 0.3) is 12.2 Å². The molecular formula is C29H32N2O3S. The second kappa shape index (κ2) is 12.4. The van der Waals surface area contributed by atoms with E-state index in [1.54, 1.807) is 31.7 Å². The highest BCUT2D eigenvalue weighted by atomic mass is 32.2. The van der Waals surface area contributed by atoms with Gasteiger partial charge in [-0.2, -0.15) is 0 Å². The van der Waals surface area contributed by atoms with Crippen molar-refractivity contribution in [1.29, 1.82) is 0 Å². The van der Waals surface area contributed by atoms with Crippen molar-refractivity contribution >= 4 is 41.5 Å². The van der Waals surface area contributed by atoms with Gasteiger partial charge in [-0.05, 0) is 67.3 Å². The maximum absolute atomic E-state index is 12.6. The Morgan fingerprint density at radius 3 is 2.46 bits per heavy atom. The Kier molecular flexibility index (Phi) is 9.26. The van der Waals surface area contributed by atoms with Crippen molar-refractivity contribution in [2.24, 2.45) is 5.41 Å². The van der Waals surface area contributed by atoms with Gasteiger partial charge in [0.15, 0.2) is 0 Å². The highest BCUT2D eigenvalue weighted by Crippen LogP contribution is 2.31. The third kappa shape index (κ3) is 7.30. The highest BCUT2D eigenvalue weighted by Gasteiger charge is 2.37. The fourth-order valence-electron chi connectivity index (χ4n) is 3.83. The molecule has 0 radical (unpaired) electrons. The molecule has 3 rings (SSSR count). The topological polar surface area (TPSA) is 79.3 Å². The van der Waals surface area contributed by atoms with E-state index in [2.05, 4.69) is 30.4 Å². The minimum absolute atomic E-state index is 0.0490. The lowest BCUT2D eigenvalue weighted by Gasteiger charge is -2.25. The van der Waals surface area contributed by atoms with E-state index < -0.39 is 11.4 Å². The van der Waals surface area contributed by atoms with E-state index in [9.17, 15) is 14.7 Å². The molecule has 0 saturated heterocycles. The van der Waals surface area contributed by atoms with Crippen molar-refractivity contribution in [3.63, 3.8) is 0 Å². The first-order valence-corrected chi connectivity index (χ1v) is 12.8. The van der Waals surface area contributed by atoms with Gasteiger partial charge in [0.1, 0.15) is 0 Å². The first-order chi connectivity index (χ1) is 16.8. The Labute approximate surface area is 211 Å². The molecule has 0 fully saturated rings. The Bertz CT molecular complexity index is 1200. The van der Waals surface area contributed by atoms with Crippen LogP contribution >= 0.6 is 11.8 Å². The van der Waals surface area contributed by atoms with Crippen LogP contribution in [0, 0.1) is 12.3 Å². The summed E-state index contributed by atoms with van der Waals surface area (Å²) in [5, 5.41) is 12.4. The molecule has 0 saturated carbocycles. The normalized spacial score (nSPS) is 11.5. The Balaban J connectivity index is 1.64. The highest BCUT2D eigenvalue weighted by molar-refractivity contribution is 7.98. The summed E-state index contributed by atoms with van der Waals surface area (Å²) in [6.07, 6.45) is 4.67. The van der Waals surface area contributed by atoms with Gasteiger partial charge < -0.3 is 10.4 Å². The number of rotatable bonds is 11. The SMILES string of the molecule is CCC(CC)(CC(=O)Nc1cccc(/C=C/c2cccc(CSc3ccccc3C)n2)c1)C(=O)O. The number of amides is 1. The molecule has 0 atom stereocenters. The van der Waals surface area contributed by atoms with Gasteiger partial charge in [0, 0.05) is 22.8 Å². The summed E-state index contributed by atoms with van der Waals surface area (Å²) in [5.41, 5.74) is 3.66. The predicted octanol–water partition coefficient (Wildman–Crippen LogP) is 7.07. The number of carboxylic acid groups (broad SMARTS) is 1. The number of nitrogens with zero attached hydrogens (tertiary/aromatic N) is 1. The van der Waals surface area contributed by atoms with Crippen molar-refractivity contribution in [2.45, 2.75) is 50.7 Å². The van der Waals surface area contributed by atoms with E-state index in [4.69, 9.17) is 4.98 Å². The molecule has 0 spiro atoms. The number of aromatic nitrogens is 1. The minimum atomic E-state index is -1.03. The van der Waals surface area contributed by atoms with Gasteiger partial charge in [0.2, 0.25) is 5.91 Å². The second-order valence-corrected chi connectivity index (χ2v) is 9.60. The molecular weight excluding hydrogens is 456 g/mol. The average Bonchev–Trinajstić information content (AvgIpc) is 2.86. The summed E-state index contributed by atoms with van der Waals surface area (Å²) in [4.78, 5) is 30.3. The zero-order valence-corrected chi connectivity index (χ0v) is 21.3. The smallest absolute Gasteiger partial charge is 0.310 e. The van der Waals surface area contributed by atoms with Crippen LogP contribution in [-0.2, 0) is 15.3 Å². The molecule has 0 aliphatic carbocycles. The van der Waals surface area contributed by atoms with Crippen LogP contribution in [0.3, 0.4) is 0 Å². The fraction of sp³-hybridized carbons (Fsp3) is 0.276. The number of aliphatic carboxylic acids is 1. The van der Waals surface area contributed by atoms with Crippen molar-refractivity contribution < 1.29 is 14.7 Å². The Hall–Kier alpha value is -3.38. The van der Waals surface area contributed by atoms with E-state index in [1.165, 1.54) is 10.5 Å². The van der Waals surface area contributed by atoms with Crippen LogP contribution in [0.4, 0.5) is 5.69 Å². The molecule has 2 aromatic carbocycles. The number of anilines is 1. The largest absolute Gasteiger partial charge is 0.481 e. The van der Waals surface area contributed by atoms with Gasteiger partial charge in [0.05, 0.1) is 16.8 Å². The summed E-state index contributed by atoms with van der Waals surface area (Å²) in [7, 11) is 0. The number of benzene rings is 2. The molecule has 3 aromatic rings. The molecule has 35 heavy (non-hydrogen) atoms. The number of carbonyl (C=O) groups is 2. The van der Waals surface area contributed by atoms with E-state index in [0.29, 0.717) is 18.5 Å². The van der Waals surface area contributed by atoms with E-state index in [0.717, 1.165) is 22.7 Å². The summed E-state index contributed by atoms with van der Waals surface area (Å²) >= 11 is 1.78. The second-order valence-electron chi connectivity index (χ2n) is 8.58.